The van der Waals surface area contributed by atoms with Gasteiger partial charge in [-0.3, -0.25) is 4.79 Å². The summed E-state index contributed by atoms with van der Waals surface area (Å²) in [5.41, 5.74) is 9.96. The van der Waals surface area contributed by atoms with Crippen molar-refractivity contribution in [1.29, 1.82) is 0 Å². The Bertz CT molecular complexity index is 638. The second-order valence-corrected chi connectivity index (χ2v) is 5.25. The van der Waals surface area contributed by atoms with Crippen LogP contribution >= 0.6 is 15.9 Å². The molecule has 2 aromatic carbocycles. The molecular formula is C15H15BrN2O. The summed E-state index contributed by atoms with van der Waals surface area (Å²) in [4.78, 5) is 12.2. The number of benzene rings is 2. The van der Waals surface area contributed by atoms with E-state index in [0.717, 1.165) is 11.3 Å². The van der Waals surface area contributed by atoms with Crippen LogP contribution in [-0.2, 0) is 0 Å². The van der Waals surface area contributed by atoms with Crippen molar-refractivity contribution < 1.29 is 4.79 Å². The molecule has 3 N–H and O–H groups in total. The summed E-state index contributed by atoms with van der Waals surface area (Å²) in [6, 6.07) is 11.1. The highest BCUT2D eigenvalue weighted by Crippen LogP contribution is 2.25. The molecule has 3 nitrogen and oxygen atoms in total. The fourth-order valence-electron chi connectivity index (χ4n) is 1.74. The fraction of sp³-hybridized carbons (Fsp3) is 0.133. The number of hydrogen-bond donors (Lipinski definition) is 2. The lowest BCUT2D eigenvalue weighted by Gasteiger charge is -2.09. The molecule has 0 aliphatic carbocycles. The number of carbonyl (C=O) groups excluding carboxylic acids is 1. The minimum Gasteiger partial charge on any atom is -0.398 e. The van der Waals surface area contributed by atoms with E-state index in [-0.39, 0.29) is 5.91 Å². The first kappa shape index (κ1) is 13.6. The van der Waals surface area contributed by atoms with Crippen LogP contribution < -0.4 is 11.1 Å². The van der Waals surface area contributed by atoms with Gasteiger partial charge < -0.3 is 11.1 Å². The van der Waals surface area contributed by atoms with Gasteiger partial charge in [-0.05, 0) is 65.2 Å². The van der Waals surface area contributed by atoms with Crippen LogP contribution in [0.3, 0.4) is 0 Å². The van der Waals surface area contributed by atoms with Crippen molar-refractivity contribution in [3.63, 3.8) is 0 Å². The van der Waals surface area contributed by atoms with Gasteiger partial charge in [-0.15, -0.1) is 0 Å². The highest BCUT2D eigenvalue weighted by atomic mass is 79.9. The molecule has 0 bridgehead atoms. The van der Waals surface area contributed by atoms with Crippen LogP contribution in [0, 0.1) is 13.8 Å². The van der Waals surface area contributed by atoms with Crippen molar-refractivity contribution in [2.75, 3.05) is 11.1 Å². The van der Waals surface area contributed by atoms with E-state index >= 15 is 0 Å². The summed E-state index contributed by atoms with van der Waals surface area (Å²) in [6.07, 6.45) is 0. The Balaban J connectivity index is 2.26. The Hall–Kier alpha value is -1.81. The number of anilines is 2. The van der Waals surface area contributed by atoms with E-state index in [1.54, 1.807) is 18.2 Å². The first-order valence-corrected chi connectivity index (χ1v) is 6.71. The van der Waals surface area contributed by atoms with Crippen molar-refractivity contribution in [2.45, 2.75) is 13.8 Å². The molecule has 19 heavy (non-hydrogen) atoms. The number of aryl methyl sites for hydroxylation is 2. The largest absolute Gasteiger partial charge is 0.398 e. The molecule has 0 saturated heterocycles. The Morgan fingerprint density at radius 2 is 1.89 bits per heavy atom. The molecular weight excluding hydrogens is 304 g/mol. The van der Waals surface area contributed by atoms with Crippen LogP contribution in [0.2, 0.25) is 0 Å². The fourth-order valence-corrected chi connectivity index (χ4v) is 2.19. The molecule has 1 amide bonds. The zero-order valence-corrected chi connectivity index (χ0v) is 12.4. The molecule has 0 saturated carbocycles. The average molecular weight is 319 g/mol. The van der Waals surface area contributed by atoms with E-state index < -0.39 is 0 Å². The molecule has 0 fully saturated rings. The van der Waals surface area contributed by atoms with Gasteiger partial charge in [0.2, 0.25) is 0 Å². The molecule has 0 heterocycles. The van der Waals surface area contributed by atoms with Crippen molar-refractivity contribution in [1.82, 2.24) is 0 Å². The summed E-state index contributed by atoms with van der Waals surface area (Å²) >= 11 is 3.33. The molecule has 2 aromatic rings. The first-order chi connectivity index (χ1) is 8.99. The van der Waals surface area contributed by atoms with Gasteiger partial charge in [0.25, 0.3) is 5.91 Å². The Morgan fingerprint density at radius 3 is 2.58 bits per heavy atom. The molecule has 0 unspecified atom stereocenters. The Morgan fingerprint density at radius 1 is 1.16 bits per heavy atom. The molecule has 0 atom stereocenters. The number of hydrogen-bond acceptors (Lipinski definition) is 2. The predicted octanol–water partition coefficient (Wildman–Crippen LogP) is 3.90. The number of nitrogens with two attached hydrogens (primary N) is 1. The maximum atomic E-state index is 12.2. The second kappa shape index (κ2) is 5.45. The van der Waals surface area contributed by atoms with Gasteiger partial charge in [-0.1, -0.05) is 12.1 Å². The van der Waals surface area contributed by atoms with Crippen LogP contribution in [-0.4, -0.2) is 5.91 Å². The number of halogens is 1. The number of amides is 1. The summed E-state index contributed by atoms with van der Waals surface area (Å²) in [6.45, 7) is 4.05. The van der Waals surface area contributed by atoms with E-state index in [0.29, 0.717) is 15.7 Å². The minimum atomic E-state index is -0.178. The zero-order chi connectivity index (χ0) is 14.0. The number of carbonyl (C=O) groups is 1. The average Bonchev–Trinajstić information content (AvgIpc) is 2.37. The van der Waals surface area contributed by atoms with Gasteiger partial charge in [-0.25, -0.2) is 0 Å². The van der Waals surface area contributed by atoms with E-state index in [1.165, 1.54) is 5.56 Å². The monoisotopic (exact) mass is 318 g/mol. The Labute approximate surface area is 121 Å². The molecule has 0 aliphatic heterocycles. The molecule has 0 aromatic heterocycles. The molecule has 98 valence electrons. The van der Waals surface area contributed by atoms with Crippen LogP contribution in [0.5, 0.6) is 0 Å². The number of nitrogen functional groups attached to an aromatic ring is 1. The highest BCUT2D eigenvalue weighted by Gasteiger charge is 2.12. The van der Waals surface area contributed by atoms with Crippen molar-refractivity contribution in [3.05, 3.63) is 57.6 Å². The van der Waals surface area contributed by atoms with Gasteiger partial charge in [0.05, 0.1) is 10.0 Å². The van der Waals surface area contributed by atoms with Gasteiger partial charge in [0.1, 0.15) is 0 Å². The van der Waals surface area contributed by atoms with Crippen LogP contribution in [0.25, 0.3) is 0 Å². The summed E-state index contributed by atoms with van der Waals surface area (Å²) < 4.78 is 0.622. The molecule has 0 aliphatic rings. The lowest BCUT2D eigenvalue weighted by atomic mass is 10.1. The molecule has 2 rings (SSSR count). The topological polar surface area (TPSA) is 55.1 Å². The third kappa shape index (κ3) is 2.96. The zero-order valence-electron chi connectivity index (χ0n) is 10.8. The molecule has 0 radical (unpaired) electrons. The maximum absolute atomic E-state index is 12.2. The lowest BCUT2D eigenvalue weighted by molar-refractivity contribution is 0.102. The van der Waals surface area contributed by atoms with Gasteiger partial charge in [0.15, 0.2) is 0 Å². The SMILES string of the molecule is Cc1ccc(NC(=O)c2cccc(N)c2Br)cc1C. The van der Waals surface area contributed by atoms with E-state index in [9.17, 15) is 4.79 Å². The predicted molar refractivity (Wildman–Crippen MR) is 82.4 cm³/mol. The highest BCUT2D eigenvalue weighted by molar-refractivity contribution is 9.10. The maximum Gasteiger partial charge on any atom is 0.256 e. The summed E-state index contributed by atoms with van der Waals surface area (Å²) in [5, 5.41) is 2.87. The molecule has 0 spiro atoms. The number of rotatable bonds is 2. The van der Waals surface area contributed by atoms with Crippen LogP contribution in [0.4, 0.5) is 11.4 Å². The quantitative estimate of drug-likeness (QED) is 0.825. The summed E-state index contributed by atoms with van der Waals surface area (Å²) in [7, 11) is 0. The van der Waals surface area contributed by atoms with Gasteiger partial charge in [-0.2, -0.15) is 0 Å². The molecule has 4 heteroatoms. The van der Waals surface area contributed by atoms with E-state index in [2.05, 4.69) is 21.2 Å². The second-order valence-electron chi connectivity index (χ2n) is 4.46. The van der Waals surface area contributed by atoms with Crippen LogP contribution in [0.15, 0.2) is 40.9 Å². The Kier molecular flexibility index (Phi) is 3.90. The van der Waals surface area contributed by atoms with Gasteiger partial charge in [0, 0.05) is 11.4 Å². The normalized spacial score (nSPS) is 10.3. The third-order valence-corrected chi connectivity index (χ3v) is 3.92. The van der Waals surface area contributed by atoms with E-state index in [1.807, 2.05) is 32.0 Å². The van der Waals surface area contributed by atoms with Crippen LogP contribution in [0.1, 0.15) is 21.5 Å². The van der Waals surface area contributed by atoms with Crippen molar-refractivity contribution in [3.8, 4) is 0 Å². The minimum absolute atomic E-state index is 0.178. The van der Waals surface area contributed by atoms with Gasteiger partial charge >= 0.3 is 0 Å². The lowest BCUT2D eigenvalue weighted by Crippen LogP contribution is -2.13. The number of nitrogens with one attached hydrogen (secondary N) is 1. The first-order valence-electron chi connectivity index (χ1n) is 5.91. The smallest absolute Gasteiger partial charge is 0.256 e. The van der Waals surface area contributed by atoms with Crippen molar-refractivity contribution >= 4 is 33.2 Å². The van der Waals surface area contributed by atoms with E-state index in [4.69, 9.17) is 5.73 Å². The third-order valence-electron chi connectivity index (χ3n) is 3.04. The standard InChI is InChI=1S/C15H15BrN2O/c1-9-6-7-11(8-10(9)2)18-15(19)12-4-3-5-13(17)14(12)16/h3-8H,17H2,1-2H3,(H,18,19). The summed E-state index contributed by atoms with van der Waals surface area (Å²) in [5.74, 6) is -0.178. The van der Waals surface area contributed by atoms with Crippen molar-refractivity contribution in [2.24, 2.45) is 0 Å².